The van der Waals surface area contributed by atoms with Gasteiger partial charge in [-0.3, -0.25) is 0 Å². The number of hydrogen-bond donors (Lipinski definition) is 1. The van der Waals surface area contributed by atoms with E-state index in [1.807, 2.05) is 6.92 Å². The van der Waals surface area contributed by atoms with Crippen molar-refractivity contribution in [2.24, 2.45) is 5.73 Å². The van der Waals surface area contributed by atoms with Gasteiger partial charge in [0.05, 0.1) is 6.10 Å². The van der Waals surface area contributed by atoms with Crippen molar-refractivity contribution in [1.82, 2.24) is 0 Å². The van der Waals surface area contributed by atoms with Crippen molar-refractivity contribution in [2.75, 3.05) is 13.7 Å². The molecule has 0 aliphatic rings. The predicted molar refractivity (Wildman–Crippen MR) is 68.9 cm³/mol. The lowest BCUT2D eigenvalue weighted by molar-refractivity contribution is 0.135. The number of ether oxygens (including phenoxy) is 2. The second-order valence-corrected chi connectivity index (χ2v) is 4.16. The molecular weight excluding hydrogens is 241 g/mol. The lowest BCUT2D eigenvalue weighted by Crippen LogP contribution is -2.15. The van der Waals surface area contributed by atoms with Crippen LogP contribution < -0.4 is 10.5 Å². The Morgan fingerprint density at radius 2 is 2.24 bits per heavy atom. The van der Waals surface area contributed by atoms with Gasteiger partial charge in [0.15, 0.2) is 0 Å². The van der Waals surface area contributed by atoms with Crippen LogP contribution in [0.1, 0.15) is 18.9 Å². The quantitative estimate of drug-likeness (QED) is 0.794. The predicted octanol–water partition coefficient (Wildman–Crippen LogP) is 2.26. The molecule has 0 fully saturated rings. The van der Waals surface area contributed by atoms with Crippen LogP contribution in [0.5, 0.6) is 5.75 Å². The molecule has 94 valence electrons. The van der Waals surface area contributed by atoms with E-state index < -0.39 is 5.82 Å². The molecule has 0 aliphatic carbocycles. The van der Waals surface area contributed by atoms with E-state index in [1.54, 1.807) is 13.2 Å². The first-order chi connectivity index (χ1) is 8.04. The summed E-state index contributed by atoms with van der Waals surface area (Å²) in [6.45, 7) is 2.51. The summed E-state index contributed by atoms with van der Waals surface area (Å²) in [4.78, 5) is 0.0430. The molecule has 0 aromatic heterocycles. The fraction of sp³-hybridized carbons (Fsp3) is 0.417. The molecule has 2 N–H and O–H groups in total. The Balaban J connectivity index is 2.67. The Hall–Kier alpha value is -1.20. The maximum atomic E-state index is 13.5. The van der Waals surface area contributed by atoms with Crippen LogP contribution in [0.15, 0.2) is 18.2 Å². The van der Waals surface area contributed by atoms with Gasteiger partial charge in [-0.05, 0) is 19.1 Å². The summed E-state index contributed by atoms with van der Waals surface area (Å²) >= 11 is 4.72. The molecule has 1 rings (SSSR count). The molecule has 17 heavy (non-hydrogen) atoms. The van der Waals surface area contributed by atoms with Crippen LogP contribution in [0.4, 0.5) is 4.39 Å². The van der Waals surface area contributed by atoms with Gasteiger partial charge in [-0.2, -0.15) is 0 Å². The van der Waals surface area contributed by atoms with Crippen LogP contribution in [0, 0.1) is 5.82 Å². The van der Waals surface area contributed by atoms with Gasteiger partial charge in [-0.15, -0.1) is 0 Å². The lowest BCUT2D eigenvalue weighted by atomic mass is 10.2. The molecule has 0 spiro atoms. The van der Waals surface area contributed by atoms with E-state index in [9.17, 15) is 4.39 Å². The molecule has 0 heterocycles. The molecule has 1 aromatic carbocycles. The number of benzene rings is 1. The highest BCUT2D eigenvalue weighted by atomic mass is 32.1. The van der Waals surface area contributed by atoms with Crippen molar-refractivity contribution in [1.29, 1.82) is 0 Å². The van der Waals surface area contributed by atoms with E-state index in [2.05, 4.69) is 0 Å². The molecule has 0 amide bonds. The summed E-state index contributed by atoms with van der Waals surface area (Å²) in [6.07, 6.45) is 0.708. The van der Waals surface area contributed by atoms with Gasteiger partial charge in [0.25, 0.3) is 0 Å². The third-order valence-electron chi connectivity index (χ3n) is 2.27. The van der Waals surface area contributed by atoms with E-state index in [1.165, 1.54) is 12.1 Å². The van der Waals surface area contributed by atoms with Crippen molar-refractivity contribution in [2.45, 2.75) is 19.4 Å². The first-order valence-corrected chi connectivity index (χ1v) is 5.70. The monoisotopic (exact) mass is 257 g/mol. The maximum absolute atomic E-state index is 13.5. The zero-order valence-corrected chi connectivity index (χ0v) is 10.7. The summed E-state index contributed by atoms with van der Waals surface area (Å²) < 4.78 is 24.0. The number of thiocarbonyl (C=S) groups is 1. The van der Waals surface area contributed by atoms with Crippen molar-refractivity contribution in [3.05, 3.63) is 29.6 Å². The third-order valence-corrected chi connectivity index (χ3v) is 2.49. The summed E-state index contributed by atoms with van der Waals surface area (Å²) in [7, 11) is 1.63. The minimum atomic E-state index is -0.464. The smallest absolute Gasteiger partial charge is 0.137 e. The SMILES string of the molecule is COCCC(C)Oc1ccc(C(N)=S)c(F)c1. The van der Waals surface area contributed by atoms with Gasteiger partial charge in [-0.25, -0.2) is 4.39 Å². The van der Waals surface area contributed by atoms with Gasteiger partial charge in [-0.1, -0.05) is 12.2 Å². The molecule has 0 radical (unpaired) electrons. The van der Waals surface area contributed by atoms with Crippen molar-refractivity contribution >= 4 is 17.2 Å². The molecular formula is C12H16FNO2S. The summed E-state index contributed by atoms with van der Waals surface area (Å²) in [5.41, 5.74) is 5.60. The molecule has 1 unspecified atom stereocenters. The van der Waals surface area contributed by atoms with Crippen LogP contribution in [0.2, 0.25) is 0 Å². The van der Waals surface area contributed by atoms with Crippen molar-refractivity contribution in [3.8, 4) is 5.75 Å². The normalized spacial score (nSPS) is 12.2. The topological polar surface area (TPSA) is 44.5 Å². The van der Waals surface area contributed by atoms with Gasteiger partial charge < -0.3 is 15.2 Å². The van der Waals surface area contributed by atoms with E-state index in [0.717, 1.165) is 6.42 Å². The van der Waals surface area contributed by atoms with E-state index in [0.29, 0.717) is 12.4 Å². The van der Waals surface area contributed by atoms with E-state index >= 15 is 0 Å². The molecule has 1 aromatic rings. The van der Waals surface area contributed by atoms with E-state index in [-0.39, 0.29) is 16.7 Å². The average molecular weight is 257 g/mol. The van der Waals surface area contributed by atoms with Crippen LogP contribution in [0.3, 0.4) is 0 Å². The minimum absolute atomic E-state index is 0.0370. The number of halogens is 1. The van der Waals surface area contributed by atoms with Crippen molar-refractivity contribution in [3.63, 3.8) is 0 Å². The summed E-state index contributed by atoms with van der Waals surface area (Å²) in [5, 5.41) is 0. The Labute approximate surface area is 106 Å². The molecule has 0 aliphatic heterocycles. The van der Waals surface area contributed by atoms with Gasteiger partial charge in [0, 0.05) is 31.8 Å². The van der Waals surface area contributed by atoms with Gasteiger partial charge in [0.1, 0.15) is 16.6 Å². The molecule has 0 saturated carbocycles. The number of rotatable bonds is 6. The minimum Gasteiger partial charge on any atom is -0.491 e. The zero-order chi connectivity index (χ0) is 12.8. The number of hydrogen-bond acceptors (Lipinski definition) is 3. The second kappa shape index (κ2) is 6.51. The third kappa shape index (κ3) is 4.28. The molecule has 5 heteroatoms. The van der Waals surface area contributed by atoms with Gasteiger partial charge >= 0.3 is 0 Å². The largest absolute Gasteiger partial charge is 0.491 e. The lowest BCUT2D eigenvalue weighted by Gasteiger charge is -2.14. The zero-order valence-electron chi connectivity index (χ0n) is 9.90. The highest BCUT2D eigenvalue weighted by Crippen LogP contribution is 2.18. The van der Waals surface area contributed by atoms with Gasteiger partial charge in [0.2, 0.25) is 0 Å². The summed E-state index contributed by atoms with van der Waals surface area (Å²) in [5.74, 6) is 0.0000413. The van der Waals surface area contributed by atoms with Crippen molar-refractivity contribution < 1.29 is 13.9 Å². The number of methoxy groups -OCH3 is 1. The van der Waals surface area contributed by atoms with Crippen LogP contribution >= 0.6 is 12.2 Å². The Morgan fingerprint density at radius 1 is 1.53 bits per heavy atom. The standard InChI is InChI=1S/C12H16FNO2S/c1-8(5-6-15-2)16-9-3-4-10(12(14)17)11(13)7-9/h3-4,7-8H,5-6H2,1-2H3,(H2,14,17). The molecule has 0 saturated heterocycles. The average Bonchev–Trinajstić information content (AvgIpc) is 2.26. The fourth-order valence-electron chi connectivity index (χ4n) is 1.34. The van der Waals surface area contributed by atoms with E-state index in [4.69, 9.17) is 27.4 Å². The molecule has 1 atom stereocenters. The summed E-state index contributed by atoms with van der Waals surface area (Å²) in [6, 6.07) is 4.47. The number of nitrogens with two attached hydrogens (primary N) is 1. The van der Waals surface area contributed by atoms with Crippen LogP contribution in [-0.4, -0.2) is 24.8 Å². The fourth-order valence-corrected chi connectivity index (χ4v) is 1.51. The second-order valence-electron chi connectivity index (χ2n) is 3.72. The maximum Gasteiger partial charge on any atom is 0.137 e. The Morgan fingerprint density at radius 3 is 2.76 bits per heavy atom. The first-order valence-electron chi connectivity index (χ1n) is 5.29. The Bertz CT molecular complexity index is 398. The Kier molecular flexibility index (Phi) is 5.31. The molecule has 0 bridgehead atoms. The molecule has 3 nitrogen and oxygen atoms in total. The van der Waals surface area contributed by atoms with Crippen LogP contribution in [0.25, 0.3) is 0 Å². The van der Waals surface area contributed by atoms with Crippen LogP contribution in [-0.2, 0) is 4.74 Å². The first kappa shape index (κ1) is 13.9. The highest BCUT2D eigenvalue weighted by Gasteiger charge is 2.09. The highest BCUT2D eigenvalue weighted by molar-refractivity contribution is 7.80.